The van der Waals surface area contributed by atoms with Crippen molar-refractivity contribution in [2.45, 2.75) is 16.7 Å². The molecule has 1 atom stereocenters. The maximum atomic E-state index is 12.3. The minimum atomic E-state index is -4.36. The van der Waals surface area contributed by atoms with E-state index in [1.807, 2.05) is 0 Å². The van der Waals surface area contributed by atoms with Crippen LogP contribution < -0.4 is 0 Å². The number of aliphatic hydroxyl groups is 1. The van der Waals surface area contributed by atoms with Crippen LogP contribution in [0.3, 0.4) is 0 Å². The van der Waals surface area contributed by atoms with E-state index < -0.39 is 15.3 Å². The van der Waals surface area contributed by atoms with Crippen molar-refractivity contribution in [3.63, 3.8) is 0 Å². The lowest BCUT2D eigenvalue weighted by atomic mass is 10.1. The molecule has 0 unspecified atom stereocenters. The molecule has 0 amide bonds. The summed E-state index contributed by atoms with van der Waals surface area (Å²) in [5.41, 5.74) is -0.500. The third kappa shape index (κ3) is 2.84. The summed E-state index contributed by atoms with van der Waals surface area (Å²) in [4.78, 5) is 0. The molecule has 0 heterocycles. The molecule has 0 aliphatic rings. The molecule has 0 aliphatic carbocycles. The fourth-order valence-corrected chi connectivity index (χ4v) is 1.31. The van der Waals surface area contributed by atoms with Crippen LogP contribution in [0.4, 0.5) is 13.2 Å². The van der Waals surface area contributed by atoms with E-state index in [4.69, 9.17) is 0 Å². The molecular weight excluding hydrogens is 308 g/mol. The fourth-order valence-electron chi connectivity index (χ4n) is 0.979. The molecule has 0 saturated carbocycles. The van der Waals surface area contributed by atoms with Gasteiger partial charge in [-0.1, -0.05) is 12.1 Å². The predicted octanol–water partition coefficient (Wildman–Crippen LogP) is 3.31. The summed E-state index contributed by atoms with van der Waals surface area (Å²) < 4.78 is 35.5. The average Bonchev–Trinajstić information content (AvgIpc) is 2.01. The van der Waals surface area contributed by atoms with Crippen LogP contribution in [-0.4, -0.2) is 5.11 Å². The van der Waals surface area contributed by atoms with Crippen LogP contribution in [0, 0.1) is 0 Å². The van der Waals surface area contributed by atoms with E-state index in [-0.39, 0.29) is 5.56 Å². The third-order valence-corrected chi connectivity index (χ3v) is 2.34. The Labute approximate surface area is 93.1 Å². The molecule has 5 heteroatoms. The molecule has 1 aromatic carbocycles. The Kier molecular flexibility index (Phi) is 3.10. The molecule has 1 nitrogen and oxygen atoms in total. The first-order valence-electron chi connectivity index (χ1n) is 3.80. The molecule has 1 aromatic rings. The van der Waals surface area contributed by atoms with Crippen LogP contribution in [-0.2, 0) is 9.78 Å². The van der Waals surface area contributed by atoms with Crippen molar-refractivity contribution in [3.05, 3.63) is 35.4 Å². The standard InChI is InChI=1S/C9H8F3IO/c1-8(13,14)6-3-2-4-7(5-6)9(10,11)12/h2-5,14H,1H3/t8-/m0/s1. The zero-order valence-corrected chi connectivity index (χ0v) is 9.43. The van der Waals surface area contributed by atoms with Crippen LogP contribution in [0.2, 0.25) is 0 Å². The van der Waals surface area contributed by atoms with Gasteiger partial charge < -0.3 is 5.11 Å². The van der Waals surface area contributed by atoms with Crippen molar-refractivity contribution < 1.29 is 18.3 Å². The first-order chi connectivity index (χ1) is 6.21. The third-order valence-electron chi connectivity index (χ3n) is 1.72. The van der Waals surface area contributed by atoms with Crippen molar-refractivity contribution in [1.29, 1.82) is 0 Å². The van der Waals surface area contributed by atoms with Gasteiger partial charge in [0.2, 0.25) is 0 Å². The lowest BCUT2D eigenvalue weighted by molar-refractivity contribution is -0.137. The molecule has 0 bridgehead atoms. The van der Waals surface area contributed by atoms with E-state index in [0.29, 0.717) is 0 Å². The number of hydrogen-bond acceptors (Lipinski definition) is 1. The highest BCUT2D eigenvalue weighted by Gasteiger charge is 2.31. The summed E-state index contributed by atoms with van der Waals surface area (Å²) >= 11 is 1.68. The van der Waals surface area contributed by atoms with Gasteiger partial charge in [0.05, 0.1) is 5.56 Å². The van der Waals surface area contributed by atoms with E-state index in [1.165, 1.54) is 19.1 Å². The van der Waals surface area contributed by atoms with Gasteiger partial charge >= 0.3 is 6.18 Å². The highest BCUT2D eigenvalue weighted by molar-refractivity contribution is 14.1. The monoisotopic (exact) mass is 316 g/mol. The molecule has 78 valence electrons. The SMILES string of the molecule is C[C@@](O)(I)c1cccc(C(F)(F)F)c1. The van der Waals surface area contributed by atoms with E-state index in [1.54, 1.807) is 22.6 Å². The van der Waals surface area contributed by atoms with Crippen molar-refractivity contribution in [3.8, 4) is 0 Å². The second kappa shape index (κ2) is 3.69. The smallest absolute Gasteiger partial charge is 0.376 e. The zero-order valence-electron chi connectivity index (χ0n) is 7.27. The Balaban J connectivity index is 3.15. The molecule has 0 spiro atoms. The number of hydrogen-bond donors (Lipinski definition) is 1. The Morgan fingerprint density at radius 1 is 1.21 bits per heavy atom. The van der Waals surface area contributed by atoms with Gasteiger partial charge in [0.1, 0.15) is 3.61 Å². The Bertz CT molecular complexity index is 298. The van der Waals surface area contributed by atoms with E-state index >= 15 is 0 Å². The molecule has 1 rings (SSSR count). The average molecular weight is 316 g/mol. The topological polar surface area (TPSA) is 20.2 Å². The first-order valence-corrected chi connectivity index (χ1v) is 4.88. The van der Waals surface area contributed by atoms with Crippen LogP contribution in [0.15, 0.2) is 24.3 Å². The van der Waals surface area contributed by atoms with Gasteiger partial charge in [0.25, 0.3) is 0 Å². The Hall–Kier alpha value is -0.300. The van der Waals surface area contributed by atoms with Crippen LogP contribution >= 0.6 is 22.6 Å². The quantitative estimate of drug-likeness (QED) is 0.623. The largest absolute Gasteiger partial charge is 0.416 e. The lowest BCUT2D eigenvalue weighted by Crippen LogP contribution is -2.13. The maximum absolute atomic E-state index is 12.3. The molecule has 0 radical (unpaired) electrons. The number of halogens is 4. The second-order valence-corrected chi connectivity index (χ2v) is 5.13. The van der Waals surface area contributed by atoms with Crippen LogP contribution in [0.1, 0.15) is 18.1 Å². The molecule has 0 saturated heterocycles. The number of benzene rings is 1. The van der Waals surface area contributed by atoms with Crippen molar-refractivity contribution in [2.24, 2.45) is 0 Å². The minimum Gasteiger partial charge on any atom is -0.376 e. The Morgan fingerprint density at radius 2 is 1.71 bits per heavy atom. The van der Waals surface area contributed by atoms with Gasteiger partial charge in [-0.3, -0.25) is 0 Å². The lowest BCUT2D eigenvalue weighted by Gasteiger charge is -2.17. The highest BCUT2D eigenvalue weighted by atomic mass is 127. The summed E-state index contributed by atoms with van der Waals surface area (Å²) in [6, 6.07) is 4.67. The summed E-state index contributed by atoms with van der Waals surface area (Å²) in [7, 11) is 0. The molecular formula is C9H8F3IO. The minimum absolute atomic E-state index is 0.243. The number of rotatable bonds is 1. The van der Waals surface area contributed by atoms with E-state index in [0.717, 1.165) is 12.1 Å². The summed E-state index contributed by atoms with van der Waals surface area (Å²) in [6.07, 6.45) is -4.36. The highest BCUT2D eigenvalue weighted by Crippen LogP contribution is 2.34. The number of alkyl halides is 4. The van der Waals surface area contributed by atoms with Crippen molar-refractivity contribution in [1.82, 2.24) is 0 Å². The summed E-state index contributed by atoms with van der Waals surface area (Å²) in [5.74, 6) is 0. The van der Waals surface area contributed by atoms with E-state index in [2.05, 4.69) is 0 Å². The molecule has 0 aliphatic heterocycles. The van der Waals surface area contributed by atoms with Gasteiger partial charge in [-0.05, 0) is 47.2 Å². The molecule has 0 fully saturated rings. The van der Waals surface area contributed by atoms with E-state index in [9.17, 15) is 18.3 Å². The van der Waals surface area contributed by atoms with Gasteiger partial charge in [0.15, 0.2) is 0 Å². The van der Waals surface area contributed by atoms with Gasteiger partial charge in [-0.2, -0.15) is 13.2 Å². The summed E-state index contributed by atoms with van der Waals surface area (Å²) in [6.45, 7) is 1.43. The first kappa shape index (κ1) is 11.8. The molecule has 1 N–H and O–H groups in total. The van der Waals surface area contributed by atoms with Crippen molar-refractivity contribution in [2.75, 3.05) is 0 Å². The van der Waals surface area contributed by atoms with Gasteiger partial charge in [-0.15, -0.1) is 0 Å². The Morgan fingerprint density at radius 3 is 2.14 bits per heavy atom. The van der Waals surface area contributed by atoms with Crippen LogP contribution in [0.25, 0.3) is 0 Å². The molecule has 14 heavy (non-hydrogen) atoms. The zero-order chi connectivity index (χ0) is 11.0. The molecule has 0 aromatic heterocycles. The maximum Gasteiger partial charge on any atom is 0.416 e. The van der Waals surface area contributed by atoms with Gasteiger partial charge in [-0.25, -0.2) is 0 Å². The summed E-state index contributed by atoms with van der Waals surface area (Å²) in [5, 5.41) is 9.50. The van der Waals surface area contributed by atoms with Gasteiger partial charge in [0, 0.05) is 0 Å². The normalized spacial score (nSPS) is 16.4. The van der Waals surface area contributed by atoms with Crippen LogP contribution in [0.5, 0.6) is 0 Å². The van der Waals surface area contributed by atoms with Crippen molar-refractivity contribution >= 4 is 22.6 Å². The second-order valence-electron chi connectivity index (χ2n) is 3.03. The predicted molar refractivity (Wildman–Crippen MR) is 55.0 cm³/mol. The fraction of sp³-hybridized carbons (Fsp3) is 0.333.